The normalized spacial score (nSPS) is 25.9. The minimum Gasteiger partial charge on any atom is -0.380 e. The summed E-state index contributed by atoms with van der Waals surface area (Å²) in [5.41, 5.74) is 0. The molecule has 2 aliphatic rings. The minimum atomic E-state index is 0.709. The van der Waals surface area contributed by atoms with E-state index in [1.165, 1.54) is 45.2 Å². The number of likely N-dealkylation sites (N-methyl/N-ethyl adjacent to an activating group) is 1. The van der Waals surface area contributed by atoms with Gasteiger partial charge in [-0.15, -0.1) is 0 Å². The third-order valence-corrected chi connectivity index (χ3v) is 4.20. The monoisotopic (exact) mass is 240 g/mol. The van der Waals surface area contributed by atoms with Crippen LogP contribution < -0.4 is 5.32 Å². The second-order valence-electron chi connectivity index (χ2n) is 5.48. The number of rotatable bonds is 5. The van der Waals surface area contributed by atoms with Gasteiger partial charge >= 0.3 is 0 Å². The van der Waals surface area contributed by atoms with Gasteiger partial charge in [0.1, 0.15) is 0 Å². The first-order valence-electron chi connectivity index (χ1n) is 7.43. The molecule has 0 aromatic rings. The molecule has 1 heterocycles. The highest BCUT2D eigenvalue weighted by molar-refractivity contribution is 4.83. The minimum absolute atomic E-state index is 0.709. The molecule has 1 N–H and O–H groups in total. The van der Waals surface area contributed by atoms with Gasteiger partial charge in [0.25, 0.3) is 0 Å². The van der Waals surface area contributed by atoms with Crippen LogP contribution in [0.5, 0.6) is 0 Å². The number of nitrogens with one attached hydrogen (secondary N) is 1. The smallest absolute Gasteiger partial charge is 0.0593 e. The molecule has 1 unspecified atom stereocenters. The van der Waals surface area contributed by atoms with Crippen LogP contribution in [-0.4, -0.2) is 50.3 Å². The first-order valence-corrected chi connectivity index (χ1v) is 7.43. The highest BCUT2D eigenvalue weighted by Crippen LogP contribution is 2.28. The van der Waals surface area contributed by atoms with E-state index in [0.29, 0.717) is 6.04 Å². The van der Waals surface area contributed by atoms with E-state index in [1.54, 1.807) is 0 Å². The van der Waals surface area contributed by atoms with Gasteiger partial charge in [0.2, 0.25) is 0 Å². The van der Waals surface area contributed by atoms with Crippen LogP contribution in [0.2, 0.25) is 0 Å². The number of nitrogens with zero attached hydrogens (tertiary/aromatic N) is 1. The van der Waals surface area contributed by atoms with Crippen molar-refractivity contribution < 1.29 is 4.74 Å². The van der Waals surface area contributed by atoms with Gasteiger partial charge in [-0.2, -0.15) is 0 Å². The summed E-state index contributed by atoms with van der Waals surface area (Å²) >= 11 is 0. The highest BCUT2D eigenvalue weighted by atomic mass is 16.5. The fraction of sp³-hybridized carbons (Fsp3) is 1.00. The Kier molecular flexibility index (Phi) is 5.75. The second kappa shape index (κ2) is 7.34. The maximum atomic E-state index is 5.53. The molecule has 1 aliphatic heterocycles. The number of ether oxygens (including phenoxy) is 1. The molecule has 100 valence electrons. The molecule has 0 amide bonds. The van der Waals surface area contributed by atoms with Gasteiger partial charge in [0, 0.05) is 32.3 Å². The lowest BCUT2D eigenvalue weighted by Crippen LogP contribution is -2.45. The highest BCUT2D eigenvalue weighted by Gasteiger charge is 2.26. The van der Waals surface area contributed by atoms with E-state index in [4.69, 9.17) is 4.74 Å². The van der Waals surface area contributed by atoms with Crippen molar-refractivity contribution in [1.82, 2.24) is 10.2 Å². The van der Waals surface area contributed by atoms with Crippen LogP contribution in [0.4, 0.5) is 0 Å². The summed E-state index contributed by atoms with van der Waals surface area (Å²) in [6.07, 6.45) is 6.94. The molecule has 2 rings (SSSR count). The Hall–Kier alpha value is -0.120. The Labute approximate surface area is 106 Å². The SMILES string of the molecule is CCNC(CN1CCCOCC1)C1CCCC1. The van der Waals surface area contributed by atoms with E-state index >= 15 is 0 Å². The Morgan fingerprint density at radius 1 is 1.18 bits per heavy atom. The van der Waals surface area contributed by atoms with Crippen LogP contribution in [0, 0.1) is 5.92 Å². The first-order chi connectivity index (χ1) is 8.40. The zero-order valence-electron chi connectivity index (χ0n) is 11.3. The van der Waals surface area contributed by atoms with Crippen LogP contribution >= 0.6 is 0 Å². The second-order valence-corrected chi connectivity index (χ2v) is 5.48. The molecule has 0 aromatic heterocycles. The van der Waals surface area contributed by atoms with Crippen molar-refractivity contribution in [3.05, 3.63) is 0 Å². The summed E-state index contributed by atoms with van der Waals surface area (Å²) in [5.74, 6) is 0.916. The Bertz CT molecular complexity index is 196. The molecule has 1 saturated heterocycles. The fourth-order valence-electron chi connectivity index (χ4n) is 3.26. The average molecular weight is 240 g/mol. The number of hydrogen-bond donors (Lipinski definition) is 1. The van der Waals surface area contributed by atoms with Gasteiger partial charge in [0.05, 0.1) is 6.61 Å². The third kappa shape index (κ3) is 4.23. The average Bonchev–Trinajstić information content (AvgIpc) is 2.75. The molecule has 0 bridgehead atoms. The van der Waals surface area contributed by atoms with Crippen molar-refractivity contribution in [3.63, 3.8) is 0 Å². The largest absolute Gasteiger partial charge is 0.380 e. The third-order valence-electron chi connectivity index (χ3n) is 4.20. The van der Waals surface area contributed by atoms with Crippen molar-refractivity contribution in [2.75, 3.05) is 39.4 Å². The molecule has 17 heavy (non-hydrogen) atoms. The maximum Gasteiger partial charge on any atom is 0.0593 e. The van der Waals surface area contributed by atoms with E-state index in [1.807, 2.05) is 0 Å². The van der Waals surface area contributed by atoms with E-state index in [9.17, 15) is 0 Å². The fourth-order valence-corrected chi connectivity index (χ4v) is 3.26. The zero-order valence-corrected chi connectivity index (χ0v) is 11.3. The summed E-state index contributed by atoms with van der Waals surface area (Å²) in [4.78, 5) is 2.60. The van der Waals surface area contributed by atoms with E-state index < -0.39 is 0 Å². The number of hydrogen-bond acceptors (Lipinski definition) is 3. The van der Waals surface area contributed by atoms with Crippen molar-refractivity contribution in [3.8, 4) is 0 Å². The summed E-state index contributed by atoms with van der Waals surface area (Å²) in [7, 11) is 0. The zero-order chi connectivity index (χ0) is 11.9. The van der Waals surface area contributed by atoms with Gasteiger partial charge in [-0.05, 0) is 31.7 Å². The summed E-state index contributed by atoms with van der Waals surface area (Å²) in [5, 5.41) is 3.71. The van der Waals surface area contributed by atoms with Gasteiger partial charge in [-0.3, -0.25) is 4.90 Å². The molecule has 0 radical (unpaired) electrons. The van der Waals surface area contributed by atoms with Crippen LogP contribution in [-0.2, 0) is 4.74 Å². The molecule has 0 aromatic carbocycles. The van der Waals surface area contributed by atoms with Crippen LogP contribution in [0.3, 0.4) is 0 Å². The first kappa shape index (κ1) is 13.3. The van der Waals surface area contributed by atoms with Crippen LogP contribution in [0.25, 0.3) is 0 Å². The van der Waals surface area contributed by atoms with E-state index in [0.717, 1.165) is 32.2 Å². The van der Waals surface area contributed by atoms with Crippen molar-refractivity contribution >= 4 is 0 Å². The molecule has 3 heteroatoms. The molecular weight excluding hydrogens is 212 g/mol. The van der Waals surface area contributed by atoms with Crippen molar-refractivity contribution in [2.24, 2.45) is 5.92 Å². The topological polar surface area (TPSA) is 24.5 Å². The van der Waals surface area contributed by atoms with Crippen molar-refractivity contribution in [1.29, 1.82) is 0 Å². The summed E-state index contributed by atoms with van der Waals surface area (Å²) < 4.78 is 5.53. The quantitative estimate of drug-likeness (QED) is 0.794. The molecule has 1 atom stereocenters. The molecule has 1 saturated carbocycles. The van der Waals surface area contributed by atoms with Gasteiger partial charge < -0.3 is 10.1 Å². The lowest BCUT2D eigenvalue weighted by molar-refractivity contribution is 0.137. The van der Waals surface area contributed by atoms with Crippen LogP contribution in [0.15, 0.2) is 0 Å². The van der Waals surface area contributed by atoms with Gasteiger partial charge in [0.15, 0.2) is 0 Å². The Morgan fingerprint density at radius 2 is 2.00 bits per heavy atom. The predicted molar refractivity (Wildman–Crippen MR) is 71.3 cm³/mol. The summed E-state index contributed by atoms with van der Waals surface area (Å²) in [6.45, 7) is 8.76. The lowest BCUT2D eigenvalue weighted by atomic mass is 9.97. The van der Waals surface area contributed by atoms with E-state index in [2.05, 4.69) is 17.1 Å². The van der Waals surface area contributed by atoms with Crippen molar-refractivity contribution in [2.45, 2.75) is 45.1 Å². The molecule has 2 fully saturated rings. The maximum absolute atomic E-state index is 5.53. The molecule has 0 spiro atoms. The predicted octanol–water partition coefficient (Wildman–Crippen LogP) is 1.88. The standard InChI is InChI=1S/C14H28N2O/c1-2-15-14(13-6-3-4-7-13)12-16-8-5-10-17-11-9-16/h13-15H,2-12H2,1H3. The van der Waals surface area contributed by atoms with E-state index in [-0.39, 0.29) is 0 Å². The van der Waals surface area contributed by atoms with Gasteiger partial charge in [-0.1, -0.05) is 19.8 Å². The lowest BCUT2D eigenvalue weighted by Gasteiger charge is -2.30. The molecule has 1 aliphatic carbocycles. The summed E-state index contributed by atoms with van der Waals surface area (Å²) in [6, 6.07) is 0.709. The van der Waals surface area contributed by atoms with Crippen LogP contribution in [0.1, 0.15) is 39.0 Å². The molecule has 3 nitrogen and oxygen atoms in total. The van der Waals surface area contributed by atoms with Gasteiger partial charge in [-0.25, -0.2) is 0 Å². The Balaban J connectivity index is 1.82. The Morgan fingerprint density at radius 3 is 2.76 bits per heavy atom. The molecular formula is C14H28N2O.